The van der Waals surface area contributed by atoms with Gasteiger partial charge in [0, 0.05) is 25.7 Å². The summed E-state index contributed by atoms with van der Waals surface area (Å²) in [5.41, 5.74) is 1.49. The maximum absolute atomic E-state index is 3.68. The van der Waals surface area contributed by atoms with Crippen molar-refractivity contribution < 1.29 is 0 Å². The molecule has 0 atom stereocenters. The van der Waals surface area contributed by atoms with Crippen molar-refractivity contribution in [3.8, 4) is 0 Å². The van der Waals surface area contributed by atoms with Crippen LogP contribution in [-0.2, 0) is 6.54 Å². The highest BCUT2D eigenvalue weighted by Crippen LogP contribution is 2.28. The molecule has 3 heteroatoms. The minimum Gasteiger partial charge on any atom is -0.315 e. The van der Waals surface area contributed by atoms with Crippen molar-refractivity contribution >= 4 is 11.3 Å². The molecule has 106 valence electrons. The number of thiophene rings is 1. The van der Waals surface area contributed by atoms with Crippen LogP contribution in [0.15, 0.2) is 16.8 Å². The lowest BCUT2D eigenvalue weighted by Gasteiger charge is -2.22. The van der Waals surface area contributed by atoms with Crippen LogP contribution in [0.5, 0.6) is 0 Å². The maximum Gasteiger partial charge on any atom is 0.0245 e. The quantitative estimate of drug-likeness (QED) is 0.732. The van der Waals surface area contributed by atoms with Crippen molar-refractivity contribution in [3.63, 3.8) is 0 Å². The topological polar surface area (TPSA) is 15.3 Å². The first-order valence-electron chi connectivity index (χ1n) is 7.87. The Hall–Kier alpha value is -0.380. The Morgan fingerprint density at radius 1 is 1.21 bits per heavy atom. The fourth-order valence-corrected chi connectivity index (χ4v) is 3.85. The van der Waals surface area contributed by atoms with Crippen LogP contribution in [0, 0.1) is 5.92 Å². The Balaban J connectivity index is 1.36. The second-order valence-electron chi connectivity index (χ2n) is 6.19. The van der Waals surface area contributed by atoms with Crippen LogP contribution in [0.2, 0.25) is 0 Å². The van der Waals surface area contributed by atoms with Gasteiger partial charge in [-0.3, -0.25) is 4.90 Å². The predicted octanol–water partition coefficient (Wildman–Crippen LogP) is 3.49. The largest absolute Gasteiger partial charge is 0.315 e. The van der Waals surface area contributed by atoms with Crippen LogP contribution in [0.1, 0.15) is 44.1 Å². The number of hydrogen-bond donors (Lipinski definition) is 1. The monoisotopic (exact) mass is 278 g/mol. The molecule has 0 aromatic carbocycles. The first-order valence-corrected chi connectivity index (χ1v) is 8.82. The fourth-order valence-electron chi connectivity index (χ4n) is 3.19. The standard InChI is InChI=1S/C16H26N2S/c1-2-4-14(3-1)11-17-8-9-18(16-5-6-16)12-15-7-10-19-13-15/h7,10,13-14,16-17H,1-6,8-9,11-12H2. The lowest BCUT2D eigenvalue weighted by Crippen LogP contribution is -2.34. The molecule has 1 heterocycles. The number of hydrogen-bond acceptors (Lipinski definition) is 3. The molecule has 0 amide bonds. The second kappa shape index (κ2) is 6.87. The summed E-state index contributed by atoms with van der Waals surface area (Å²) in [4.78, 5) is 2.67. The molecule has 1 aromatic rings. The average molecular weight is 278 g/mol. The highest BCUT2D eigenvalue weighted by Gasteiger charge is 2.28. The SMILES string of the molecule is c1cc(CN(CCNCC2CCCC2)C2CC2)cs1. The van der Waals surface area contributed by atoms with Gasteiger partial charge < -0.3 is 5.32 Å². The molecule has 19 heavy (non-hydrogen) atoms. The summed E-state index contributed by atoms with van der Waals surface area (Å²) in [5.74, 6) is 0.964. The van der Waals surface area contributed by atoms with Gasteiger partial charge in [-0.15, -0.1) is 0 Å². The number of rotatable bonds is 8. The Kier molecular flexibility index (Phi) is 4.91. The number of nitrogens with one attached hydrogen (secondary N) is 1. The van der Waals surface area contributed by atoms with Gasteiger partial charge in [0.1, 0.15) is 0 Å². The molecule has 0 unspecified atom stereocenters. The molecule has 0 aliphatic heterocycles. The van der Waals surface area contributed by atoms with E-state index in [-0.39, 0.29) is 0 Å². The number of nitrogens with zero attached hydrogens (tertiary/aromatic N) is 1. The summed E-state index contributed by atoms with van der Waals surface area (Å²) in [6.45, 7) is 4.78. The normalized spacial score (nSPS) is 20.5. The van der Waals surface area contributed by atoms with Crippen molar-refractivity contribution in [1.82, 2.24) is 10.2 Å². The molecular weight excluding hydrogens is 252 g/mol. The van der Waals surface area contributed by atoms with Gasteiger partial charge in [0.25, 0.3) is 0 Å². The van der Waals surface area contributed by atoms with Crippen LogP contribution in [-0.4, -0.2) is 30.6 Å². The molecule has 2 aliphatic carbocycles. The van der Waals surface area contributed by atoms with E-state index in [1.54, 1.807) is 0 Å². The second-order valence-corrected chi connectivity index (χ2v) is 6.97. The van der Waals surface area contributed by atoms with Gasteiger partial charge in [0.05, 0.1) is 0 Å². The first-order chi connectivity index (χ1) is 9.42. The third-order valence-corrected chi connectivity index (χ3v) is 5.24. The molecule has 2 fully saturated rings. The zero-order valence-electron chi connectivity index (χ0n) is 11.8. The Labute approximate surface area is 121 Å². The van der Waals surface area contributed by atoms with E-state index in [1.807, 2.05) is 11.3 Å². The van der Waals surface area contributed by atoms with E-state index in [0.717, 1.165) is 25.0 Å². The average Bonchev–Trinajstić information content (AvgIpc) is 2.92. The minimum atomic E-state index is 0.869. The summed E-state index contributed by atoms with van der Waals surface area (Å²) >= 11 is 1.82. The minimum absolute atomic E-state index is 0.869. The van der Waals surface area contributed by atoms with Crippen LogP contribution in [0.25, 0.3) is 0 Å². The Bertz CT molecular complexity index is 353. The molecule has 2 nitrogen and oxygen atoms in total. The summed E-state index contributed by atoms with van der Waals surface area (Å²) in [5, 5.41) is 8.17. The van der Waals surface area contributed by atoms with Crippen LogP contribution >= 0.6 is 11.3 Å². The van der Waals surface area contributed by atoms with Gasteiger partial charge in [0.15, 0.2) is 0 Å². The van der Waals surface area contributed by atoms with E-state index < -0.39 is 0 Å². The third-order valence-electron chi connectivity index (χ3n) is 4.51. The van der Waals surface area contributed by atoms with Crippen molar-refractivity contribution in [2.24, 2.45) is 5.92 Å². The van der Waals surface area contributed by atoms with E-state index in [0.29, 0.717) is 0 Å². The summed E-state index contributed by atoms with van der Waals surface area (Å²) in [6.07, 6.45) is 8.64. The zero-order valence-corrected chi connectivity index (χ0v) is 12.6. The molecule has 0 radical (unpaired) electrons. The van der Waals surface area contributed by atoms with Gasteiger partial charge in [-0.25, -0.2) is 0 Å². The van der Waals surface area contributed by atoms with Crippen molar-refractivity contribution in [2.45, 2.75) is 51.1 Å². The van der Waals surface area contributed by atoms with E-state index in [2.05, 4.69) is 27.0 Å². The zero-order chi connectivity index (χ0) is 12.9. The lowest BCUT2D eigenvalue weighted by molar-refractivity contribution is 0.253. The molecule has 0 bridgehead atoms. The molecule has 1 N–H and O–H groups in total. The highest BCUT2D eigenvalue weighted by atomic mass is 32.1. The fraction of sp³-hybridized carbons (Fsp3) is 0.750. The molecular formula is C16H26N2S. The van der Waals surface area contributed by atoms with Crippen LogP contribution in [0.4, 0.5) is 0 Å². The molecule has 2 aliphatic rings. The summed E-state index contributed by atoms with van der Waals surface area (Å²) in [6, 6.07) is 3.14. The Morgan fingerprint density at radius 2 is 2.05 bits per heavy atom. The van der Waals surface area contributed by atoms with Crippen molar-refractivity contribution in [3.05, 3.63) is 22.4 Å². The van der Waals surface area contributed by atoms with E-state index in [4.69, 9.17) is 0 Å². The first kappa shape index (κ1) is 13.6. The van der Waals surface area contributed by atoms with E-state index in [9.17, 15) is 0 Å². The van der Waals surface area contributed by atoms with Gasteiger partial charge in [0.2, 0.25) is 0 Å². The van der Waals surface area contributed by atoms with Crippen molar-refractivity contribution in [1.29, 1.82) is 0 Å². The molecule has 3 rings (SSSR count). The molecule has 2 saturated carbocycles. The van der Waals surface area contributed by atoms with Crippen molar-refractivity contribution in [2.75, 3.05) is 19.6 Å². The summed E-state index contributed by atoms with van der Waals surface area (Å²) < 4.78 is 0. The molecule has 0 spiro atoms. The smallest absolute Gasteiger partial charge is 0.0245 e. The lowest BCUT2D eigenvalue weighted by atomic mass is 10.1. The Morgan fingerprint density at radius 3 is 2.74 bits per heavy atom. The molecule has 1 aromatic heterocycles. The van der Waals surface area contributed by atoms with Gasteiger partial charge in [-0.2, -0.15) is 11.3 Å². The molecule has 0 saturated heterocycles. The predicted molar refractivity (Wildman–Crippen MR) is 82.6 cm³/mol. The van der Waals surface area contributed by atoms with Crippen LogP contribution < -0.4 is 5.32 Å². The maximum atomic E-state index is 3.68. The van der Waals surface area contributed by atoms with Crippen LogP contribution in [0.3, 0.4) is 0 Å². The van der Waals surface area contributed by atoms with Gasteiger partial charge >= 0.3 is 0 Å². The highest BCUT2D eigenvalue weighted by molar-refractivity contribution is 7.07. The summed E-state index contributed by atoms with van der Waals surface area (Å²) in [7, 11) is 0. The van der Waals surface area contributed by atoms with Gasteiger partial charge in [-0.1, -0.05) is 12.8 Å². The van der Waals surface area contributed by atoms with E-state index in [1.165, 1.54) is 57.2 Å². The van der Waals surface area contributed by atoms with Gasteiger partial charge in [-0.05, 0) is 60.5 Å². The third kappa shape index (κ3) is 4.30. The van der Waals surface area contributed by atoms with E-state index >= 15 is 0 Å².